The second-order valence-electron chi connectivity index (χ2n) is 3.31. The number of aliphatic hydroxyl groups is 1. The molecular weight excluding hydrogens is 186 g/mol. The smallest absolute Gasteiger partial charge is 0.394 e. The van der Waals surface area contributed by atoms with Crippen LogP contribution < -0.4 is 0 Å². The minimum atomic E-state index is -0.631. The molecule has 0 saturated carbocycles. The monoisotopic (exact) mass is 201 g/mol. The number of ether oxygens (including phenoxy) is 1. The molecule has 0 radical (unpaired) electrons. The Bertz CT molecular complexity index is 227. The maximum absolute atomic E-state index is 11.3. The zero-order valence-electron chi connectivity index (χ0n) is 8.23. The quantitative estimate of drug-likeness (QED) is 0.534. The number of carbonyl (C=O) groups excluding carboxylic acids is 2. The largest absolute Gasteiger partial charge is 0.417 e. The van der Waals surface area contributed by atoms with Crippen molar-refractivity contribution in [2.75, 3.05) is 13.2 Å². The van der Waals surface area contributed by atoms with Crippen LogP contribution in [0.1, 0.15) is 26.2 Å². The summed E-state index contributed by atoms with van der Waals surface area (Å²) >= 11 is 0. The van der Waals surface area contributed by atoms with Crippen LogP contribution in [0.3, 0.4) is 0 Å². The molecular formula is C9H15NO4. The molecule has 0 aromatic heterocycles. The molecule has 0 aliphatic carbocycles. The van der Waals surface area contributed by atoms with Crippen molar-refractivity contribution < 1.29 is 19.4 Å². The molecule has 1 fully saturated rings. The van der Waals surface area contributed by atoms with E-state index >= 15 is 0 Å². The van der Waals surface area contributed by atoms with E-state index in [4.69, 9.17) is 5.11 Å². The number of esters is 1. The predicted molar refractivity (Wildman–Crippen MR) is 48.6 cm³/mol. The predicted octanol–water partition coefficient (Wildman–Crippen LogP) is 0.516. The topological polar surface area (TPSA) is 66.8 Å². The number of aliphatic hydroxyl groups excluding tert-OH is 1. The summed E-state index contributed by atoms with van der Waals surface area (Å²) in [6, 6.07) is -0.170. The summed E-state index contributed by atoms with van der Waals surface area (Å²) in [6.07, 6.45) is 1.06. The summed E-state index contributed by atoms with van der Waals surface area (Å²) in [5, 5.41) is 8.81. The van der Waals surface area contributed by atoms with E-state index in [0.717, 1.165) is 6.42 Å². The number of rotatable bonds is 3. The highest BCUT2D eigenvalue weighted by Gasteiger charge is 2.33. The highest BCUT2D eigenvalue weighted by Crippen LogP contribution is 2.17. The minimum absolute atomic E-state index is 0.0724. The lowest BCUT2D eigenvalue weighted by atomic mass is 10.1. The maximum Gasteiger partial charge on any atom is 0.417 e. The van der Waals surface area contributed by atoms with Gasteiger partial charge in [0.2, 0.25) is 0 Å². The minimum Gasteiger partial charge on any atom is -0.394 e. The third-order valence-electron chi connectivity index (χ3n) is 2.24. The number of carbonyl (C=O) groups is 2. The molecule has 1 rings (SSSR count). The zero-order valence-corrected chi connectivity index (χ0v) is 8.23. The van der Waals surface area contributed by atoms with Crippen LogP contribution in [0.2, 0.25) is 0 Å². The van der Waals surface area contributed by atoms with E-state index in [1.807, 2.05) is 6.92 Å². The lowest BCUT2D eigenvalue weighted by Gasteiger charge is -2.38. The Hall–Kier alpha value is -1.10. The van der Waals surface area contributed by atoms with E-state index in [9.17, 15) is 9.59 Å². The molecule has 0 bridgehead atoms. The third-order valence-corrected chi connectivity index (χ3v) is 2.24. The number of likely N-dealkylation sites (tertiary alicyclic amines) is 1. The average molecular weight is 201 g/mol. The van der Waals surface area contributed by atoms with Crippen LogP contribution >= 0.6 is 0 Å². The Labute approximate surface area is 82.6 Å². The average Bonchev–Trinajstić information content (AvgIpc) is 2.02. The first kappa shape index (κ1) is 11.0. The fraction of sp³-hybridized carbons (Fsp3) is 0.778. The molecule has 0 spiro atoms. The Kier molecular flexibility index (Phi) is 3.88. The van der Waals surface area contributed by atoms with Gasteiger partial charge in [-0.1, -0.05) is 6.92 Å². The molecule has 1 atom stereocenters. The number of amides is 1. The van der Waals surface area contributed by atoms with E-state index < -0.39 is 12.1 Å². The highest BCUT2D eigenvalue weighted by atomic mass is 16.6. The van der Waals surface area contributed by atoms with E-state index in [1.165, 1.54) is 4.90 Å². The first-order valence-electron chi connectivity index (χ1n) is 4.81. The van der Waals surface area contributed by atoms with Gasteiger partial charge in [0.15, 0.2) is 0 Å². The summed E-state index contributed by atoms with van der Waals surface area (Å²) < 4.78 is 4.56. The second kappa shape index (κ2) is 4.95. The standard InChI is InChI=1S/C9H15NO4/c1-2-3-8(12)14-9(13)10-5-4-7(10)6-11/h7,11H,2-6H2,1H3/t7-/m0/s1. The van der Waals surface area contributed by atoms with Crippen molar-refractivity contribution in [1.29, 1.82) is 0 Å². The molecule has 1 N–H and O–H groups in total. The zero-order chi connectivity index (χ0) is 10.6. The van der Waals surface area contributed by atoms with Crippen molar-refractivity contribution in [1.82, 2.24) is 4.90 Å². The molecule has 5 nitrogen and oxygen atoms in total. The van der Waals surface area contributed by atoms with Crippen molar-refractivity contribution in [3.8, 4) is 0 Å². The molecule has 1 saturated heterocycles. The van der Waals surface area contributed by atoms with Crippen molar-refractivity contribution in [3.63, 3.8) is 0 Å². The van der Waals surface area contributed by atoms with Crippen molar-refractivity contribution in [2.24, 2.45) is 0 Å². The van der Waals surface area contributed by atoms with E-state index in [1.54, 1.807) is 0 Å². The Morgan fingerprint density at radius 1 is 1.57 bits per heavy atom. The molecule has 80 valence electrons. The van der Waals surface area contributed by atoms with Crippen molar-refractivity contribution in [3.05, 3.63) is 0 Å². The summed E-state index contributed by atoms with van der Waals surface area (Å²) in [7, 11) is 0. The molecule has 1 heterocycles. The SMILES string of the molecule is CCCC(=O)OC(=O)N1CC[C@H]1CO. The molecule has 0 unspecified atom stereocenters. The number of hydrogen-bond donors (Lipinski definition) is 1. The van der Waals surface area contributed by atoms with Gasteiger partial charge in [-0.05, 0) is 12.8 Å². The van der Waals surface area contributed by atoms with Gasteiger partial charge in [-0.2, -0.15) is 0 Å². The third kappa shape index (κ3) is 2.45. The molecule has 1 aliphatic heterocycles. The number of hydrogen-bond acceptors (Lipinski definition) is 4. The second-order valence-corrected chi connectivity index (χ2v) is 3.31. The van der Waals surface area contributed by atoms with E-state index in [2.05, 4.69) is 4.74 Å². The van der Waals surface area contributed by atoms with Gasteiger partial charge in [-0.25, -0.2) is 4.79 Å². The first-order chi connectivity index (χ1) is 6.69. The van der Waals surface area contributed by atoms with E-state index in [-0.39, 0.29) is 19.1 Å². The molecule has 1 aliphatic rings. The summed E-state index contributed by atoms with van der Waals surface area (Å²) in [6.45, 7) is 2.33. The van der Waals surface area contributed by atoms with Gasteiger partial charge in [-0.3, -0.25) is 4.79 Å². The summed E-state index contributed by atoms with van der Waals surface area (Å²) in [5.74, 6) is -0.499. The fourth-order valence-corrected chi connectivity index (χ4v) is 1.28. The van der Waals surface area contributed by atoms with Gasteiger partial charge in [0.25, 0.3) is 0 Å². The van der Waals surface area contributed by atoms with Crippen LogP contribution in [0.4, 0.5) is 4.79 Å². The molecule has 1 amide bonds. The van der Waals surface area contributed by atoms with Crippen LogP contribution in [0.5, 0.6) is 0 Å². The van der Waals surface area contributed by atoms with Gasteiger partial charge in [0, 0.05) is 13.0 Å². The summed E-state index contributed by atoms with van der Waals surface area (Å²) in [5.41, 5.74) is 0. The van der Waals surface area contributed by atoms with Crippen LogP contribution in [-0.4, -0.2) is 41.3 Å². The van der Waals surface area contributed by atoms with E-state index in [0.29, 0.717) is 13.0 Å². The molecule has 0 aromatic carbocycles. The van der Waals surface area contributed by atoms with Crippen LogP contribution in [0.15, 0.2) is 0 Å². The normalized spacial score (nSPS) is 20.1. The maximum atomic E-state index is 11.3. The first-order valence-corrected chi connectivity index (χ1v) is 4.81. The van der Waals surface area contributed by atoms with Gasteiger partial charge in [-0.15, -0.1) is 0 Å². The number of nitrogens with zero attached hydrogens (tertiary/aromatic N) is 1. The van der Waals surface area contributed by atoms with Gasteiger partial charge >= 0.3 is 12.1 Å². The highest BCUT2D eigenvalue weighted by molar-refractivity contribution is 5.85. The lowest BCUT2D eigenvalue weighted by Crippen LogP contribution is -2.53. The van der Waals surface area contributed by atoms with Crippen molar-refractivity contribution in [2.45, 2.75) is 32.2 Å². The Morgan fingerprint density at radius 3 is 2.71 bits per heavy atom. The molecule has 14 heavy (non-hydrogen) atoms. The summed E-state index contributed by atoms with van der Waals surface area (Å²) in [4.78, 5) is 23.6. The van der Waals surface area contributed by atoms with Crippen LogP contribution in [-0.2, 0) is 9.53 Å². The van der Waals surface area contributed by atoms with Crippen LogP contribution in [0.25, 0.3) is 0 Å². The molecule has 5 heteroatoms. The van der Waals surface area contributed by atoms with Gasteiger partial charge in [0.05, 0.1) is 12.6 Å². The lowest BCUT2D eigenvalue weighted by molar-refractivity contribution is -0.139. The van der Waals surface area contributed by atoms with Gasteiger partial charge in [0.1, 0.15) is 0 Å². The van der Waals surface area contributed by atoms with Crippen LogP contribution in [0, 0.1) is 0 Å². The van der Waals surface area contributed by atoms with Gasteiger partial charge < -0.3 is 14.7 Å². The Morgan fingerprint density at radius 2 is 2.29 bits per heavy atom. The molecule has 0 aromatic rings. The Balaban J connectivity index is 2.31. The fourth-order valence-electron chi connectivity index (χ4n) is 1.28. The van der Waals surface area contributed by atoms with Crippen molar-refractivity contribution >= 4 is 12.1 Å².